The summed E-state index contributed by atoms with van der Waals surface area (Å²) in [4.78, 5) is 4.33. The molecule has 0 aliphatic rings. The molecule has 2 N–H and O–H groups in total. The maximum absolute atomic E-state index is 5.91. The number of nitrogens with zero attached hydrogens (tertiary/aromatic N) is 1. The van der Waals surface area contributed by atoms with Gasteiger partial charge in [0.25, 0.3) is 0 Å². The number of nitrogens with one attached hydrogen (secondary N) is 2. The lowest BCUT2D eigenvalue weighted by Gasteiger charge is -2.24. The van der Waals surface area contributed by atoms with E-state index in [0.717, 1.165) is 12.5 Å². The van der Waals surface area contributed by atoms with Crippen molar-refractivity contribution < 1.29 is 4.74 Å². The quantitative estimate of drug-likeness (QED) is 0.287. The van der Waals surface area contributed by atoms with Gasteiger partial charge < -0.3 is 15.4 Å². The van der Waals surface area contributed by atoms with Gasteiger partial charge in [-0.25, -0.2) is 0 Å². The molecule has 0 radical (unpaired) electrons. The average molecular weight is 513 g/mol. The summed E-state index contributed by atoms with van der Waals surface area (Å²) >= 11 is 1.84. The minimum absolute atomic E-state index is 0. The smallest absolute Gasteiger partial charge is 0.191 e. The number of ether oxygens (including phenoxy) is 1. The topological polar surface area (TPSA) is 45.7 Å². The minimum Gasteiger partial charge on any atom is -0.372 e. The molecule has 0 aromatic heterocycles. The fraction of sp³-hybridized carbons (Fsp3) is 0.409. The van der Waals surface area contributed by atoms with E-state index in [4.69, 9.17) is 4.74 Å². The summed E-state index contributed by atoms with van der Waals surface area (Å²) in [7, 11) is 1.80. The van der Waals surface area contributed by atoms with Crippen molar-refractivity contribution in [2.75, 3.05) is 19.8 Å². The number of halogens is 1. The van der Waals surface area contributed by atoms with Crippen molar-refractivity contribution in [2.24, 2.45) is 4.99 Å². The number of benzene rings is 2. The van der Waals surface area contributed by atoms with Gasteiger partial charge in [-0.3, -0.25) is 4.99 Å². The third-order valence-electron chi connectivity index (χ3n) is 4.39. The van der Waals surface area contributed by atoms with Gasteiger partial charge in [-0.1, -0.05) is 54.6 Å². The highest BCUT2D eigenvalue weighted by Crippen LogP contribution is 2.19. The van der Waals surface area contributed by atoms with Gasteiger partial charge in [0.05, 0.1) is 13.2 Å². The molecule has 0 aliphatic carbocycles. The van der Waals surface area contributed by atoms with Crippen LogP contribution in [0.15, 0.2) is 59.6 Å². The van der Waals surface area contributed by atoms with Gasteiger partial charge >= 0.3 is 0 Å². The fourth-order valence-electron chi connectivity index (χ4n) is 2.49. The van der Waals surface area contributed by atoms with Crippen LogP contribution in [0.4, 0.5) is 0 Å². The van der Waals surface area contributed by atoms with Crippen molar-refractivity contribution in [1.29, 1.82) is 0 Å². The summed E-state index contributed by atoms with van der Waals surface area (Å²) in [5.41, 5.74) is 3.60. The first-order chi connectivity index (χ1) is 13.0. The van der Waals surface area contributed by atoms with Crippen LogP contribution in [0, 0.1) is 0 Å². The van der Waals surface area contributed by atoms with Crippen LogP contribution in [0.3, 0.4) is 0 Å². The molecule has 2 rings (SSSR count). The minimum atomic E-state index is 0. The zero-order valence-electron chi connectivity index (χ0n) is 17.2. The molecule has 0 saturated carbocycles. The number of hydrogen-bond donors (Lipinski definition) is 2. The molecule has 0 spiro atoms. The average Bonchev–Trinajstić information content (AvgIpc) is 2.70. The molecular weight excluding hydrogens is 481 g/mol. The van der Waals surface area contributed by atoms with Crippen molar-refractivity contribution in [2.45, 2.75) is 38.4 Å². The zero-order chi connectivity index (χ0) is 19.5. The lowest BCUT2D eigenvalue weighted by atomic mass is 10.1. The van der Waals surface area contributed by atoms with Gasteiger partial charge in [0.1, 0.15) is 0 Å². The Balaban J connectivity index is 0.00000392. The number of aliphatic imine (C=N–C) groups is 1. The Morgan fingerprint density at radius 1 is 0.964 bits per heavy atom. The molecule has 6 heteroatoms. The van der Waals surface area contributed by atoms with E-state index in [9.17, 15) is 0 Å². The number of rotatable bonds is 9. The van der Waals surface area contributed by atoms with Crippen molar-refractivity contribution >= 4 is 41.7 Å². The summed E-state index contributed by atoms with van der Waals surface area (Å²) in [5, 5.41) is 6.81. The molecular formula is C22H32IN3OS. The Kier molecular flexibility index (Phi) is 11.6. The summed E-state index contributed by atoms with van der Waals surface area (Å²) < 4.78 is 6.08. The van der Waals surface area contributed by atoms with Gasteiger partial charge in [0, 0.05) is 24.9 Å². The fourth-order valence-corrected chi connectivity index (χ4v) is 2.71. The molecule has 2 aromatic carbocycles. The van der Waals surface area contributed by atoms with Crippen molar-refractivity contribution in [3.63, 3.8) is 0 Å². The molecule has 0 atom stereocenters. The van der Waals surface area contributed by atoms with Crippen LogP contribution in [-0.2, 0) is 24.5 Å². The molecule has 2 aromatic rings. The molecule has 0 amide bonds. The van der Waals surface area contributed by atoms with Crippen LogP contribution in [0.25, 0.3) is 0 Å². The first-order valence-electron chi connectivity index (χ1n) is 9.22. The Morgan fingerprint density at radius 2 is 1.61 bits per heavy atom. The van der Waals surface area contributed by atoms with E-state index in [1.165, 1.54) is 16.7 Å². The van der Waals surface area contributed by atoms with E-state index >= 15 is 0 Å². The number of thioether (sulfide) groups is 1. The van der Waals surface area contributed by atoms with E-state index in [-0.39, 0.29) is 28.7 Å². The maximum Gasteiger partial charge on any atom is 0.191 e. The van der Waals surface area contributed by atoms with E-state index in [2.05, 4.69) is 72.1 Å². The van der Waals surface area contributed by atoms with E-state index in [1.807, 2.05) is 30.0 Å². The Bertz CT molecular complexity index is 723. The number of hydrogen-bond acceptors (Lipinski definition) is 3. The molecule has 154 valence electrons. The van der Waals surface area contributed by atoms with Crippen LogP contribution >= 0.6 is 35.7 Å². The highest BCUT2D eigenvalue weighted by Gasteiger charge is 2.16. The first-order valence-corrected chi connectivity index (χ1v) is 10.4. The third-order valence-corrected chi connectivity index (χ3v) is 5.64. The monoisotopic (exact) mass is 513 g/mol. The second-order valence-corrected chi connectivity index (χ2v) is 8.50. The van der Waals surface area contributed by atoms with Gasteiger partial charge in [-0.15, -0.1) is 24.0 Å². The van der Waals surface area contributed by atoms with Crippen LogP contribution in [-0.4, -0.2) is 30.6 Å². The SMILES string of the molecule is CN=C(NCc1ccccc1COCc1ccccc1)NCC(C)(C)SC.I. The lowest BCUT2D eigenvalue weighted by molar-refractivity contribution is 0.106. The highest BCUT2D eigenvalue weighted by molar-refractivity contribution is 14.0. The van der Waals surface area contributed by atoms with Gasteiger partial charge in [-0.2, -0.15) is 11.8 Å². The lowest BCUT2D eigenvalue weighted by Crippen LogP contribution is -2.43. The summed E-state index contributed by atoms with van der Waals surface area (Å²) in [6, 6.07) is 18.6. The summed E-state index contributed by atoms with van der Waals surface area (Å²) in [6.07, 6.45) is 2.13. The van der Waals surface area contributed by atoms with E-state index in [1.54, 1.807) is 7.05 Å². The normalized spacial score (nSPS) is 11.6. The van der Waals surface area contributed by atoms with Crippen molar-refractivity contribution in [3.8, 4) is 0 Å². The van der Waals surface area contributed by atoms with Crippen molar-refractivity contribution in [1.82, 2.24) is 10.6 Å². The molecule has 28 heavy (non-hydrogen) atoms. The van der Waals surface area contributed by atoms with E-state index in [0.29, 0.717) is 19.8 Å². The molecule has 0 aliphatic heterocycles. The van der Waals surface area contributed by atoms with Crippen LogP contribution in [0.5, 0.6) is 0 Å². The molecule has 0 heterocycles. The summed E-state index contributed by atoms with van der Waals surface area (Å²) in [5.74, 6) is 0.817. The maximum atomic E-state index is 5.91. The molecule has 0 saturated heterocycles. The standard InChI is InChI=1S/C22H31N3OS.HI/c1-22(2,27-4)17-25-21(23-3)24-14-19-12-8-9-13-20(19)16-26-15-18-10-6-5-7-11-18;/h5-13H,14-17H2,1-4H3,(H2,23,24,25);1H. The van der Waals surface area contributed by atoms with Crippen molar-refractivity contribution in [3.05, 3.63) is 71.3 Å². The second-order valence-electron chi connectivity index (χ2n) is 6.99. The largest absolute Gasteiger partial charge is 0.372 e. The van der Waals surface area contributed by atoms with Crippen LogP contribution in [0.2, 0.25) is 0 Å². The Hall–Kier alpha value is -1.25. The second kappa shape index (κ2) is 13.1. The van der Waals surface area contributed by atoms with Crippen LogP contribution < -0.4 is 10.6 Å². The Labute approximate surface area is 191 Å². The first kappa shape index (κ1) is 24.8. The van der Waals surface area contributed by atoms with E-state index < -0.39 is 0 Å². The highest BCUT2D eigenvalue weighted by atomic mass is 127. The van der Waals surface area contributed by atoms with Gasteiger partial charge in [0.15, 0.2) is 5.96 Å². The molecule has 0 fully saturated rings. The molecule has 0 unspecified atom stereocenters. The predicted molar refractivity (Wildman–Crippen MR) is 133 cm³/mol. The molecule has 4 nitrogen and oxygen atoms in total. The van der Waals surface area contributed by atoms with Crippen LogP contribution in [0.1, 0.15) is 30.5 Å². The number of guanidine groups is 1. The summed E-state index contributed by atoms with van der Waals surface area (Å²) in [6.45, 7) is 7.22. The predicted octanol–water partition coefficient (Wildman–Crippen LogP) is 4.83. The van der Waals surface area contributed by atoms with Gasteiger partial charge in [0.2, 0.25) is 0 Å². The zero-order valence-corrected chi connectivity index (χ0v) is 20.3. The van der Waals surface area contributed by atoms with Gasteiger partial charge in [-0.05, 0) is 36.8 Å². The Morgan fingerprint density at radius 3 is 2.25 bits per heavy atom. The molecule has 0 bridgehead atoms. The third kappa shape index (κ3) is 8.84.